The second-order valence-electron chi connectivity index (χ2n) is 4.93. The Morgan fingerprint density at radius 3 is 2.95 bits per heavy atom. The van der Waals surface area contributed by atoms with Crippen LogP contribution >= 0.6 is 11.6 Å². The molecule has 21 heavy (non-hydrogen) atoms. The van der Waals surface area contributed by atoms with Crippen molar-refractivity contribution >= 4 is 23.5 Å². The first-order valence-electron chi connectivity index (χ1n) is 6.99. The van der Waals surface area contributed by atoms with Gasteiger partial charge in [0, 0.05) is 30.2 Å². The zero-order valence-electron chi connectivity index (χ0n) is 12.2. The van der Waals surface area contributed by atoms with Gasteiger partial charge in [0.2, 0.25) is 0 Å². The van der Waals surface area contributed by atoms with E-state index in [2.05, 4.69) is 5.32 Å². The summed E-state index contributed by atoms with van der Waals surface area (Å²) in [4.78, 5) is 26.3. The van der Waals surface area contributed by atoms with Crippen LogP contribution in [0.5, 0.6) is 0 Å². The van der Waals surface area contributed by atoms with Gasteiger partial charge in [-0.05, 0) is 31.5 Å². The van der Waals surface area contributed by atoms with Gasteiger partial charge in [-0.25, -0.2) is 4.79 Å². The van der Waals surface area contributed by atoms with Gasteiger partial charge in [0.05, 0.1) is 6.61 Å². The van der Waals surface area contributed by atoms with Crippen molar-refractivity contribution in [1.29, 1.82) is 0 Å². The molecular weight excluding hydrogens is 292 g/mol. The monoisotopic (exact) mass is 310 g/mol. The number of rotatable bonds is 3. The highest BCUT2D eigenvalue weighted by Gasteiger charge is 2.34. The van der Waals surface area contributed by atoms with E-state index in [1.165, 1.54) is 0 Å². The summed E-state index contributed by atoms with van der Waals surface area (Å²) in [6, 6.07) is 4.60. The molecule has 1 atom stereocenters. The third-order valence-corrected chi connectivity index (χ3v) is 3.73. The zero-order chi connectivity index (χ0) is 15.4. The third kappa shape index (κ3) is 3.54. The Morgan fingerprint density at radius 1 is 1.48 bits per heavy atom. The first kappa shape index (κ1) is 15.8. The summed E-state index contributed by atoms with van der Waals surface area (Å²) in [5.41, 5.74) is 1.37. The molecule has 0 aliphatic carbocycles. The Balaban J connectivity index is 2.26. The summed E-state index contributed by atoms with van der Waals surface area (Å²) in [6.07, 6.45) is 0. The molecule has 1 N–H and O–H groups in total. The molecule has 5 nitrogen and oxygen atoms in total. The minimum Gasteiger partial charge on any atom is -0.464 e. The summed E-state index contributed by atoms with van der Waals surface area (Å²) < 4.78 is 5.05. The summed E-state index contributed by atoms with van der Waals surface area (Å²) >= 11 is 5.97. The predicted molar refractivity (Wildman–Crippen MR) is 80.5 cm³/mol. The number of benzene rings is 1. The number of carbonyl (C=O) groups excluding carboxylic acids is 2. The van der Waals surface area contributed by atoms with Gasteiger partial charge in [-0.3, -0.25) is 4.79 Å². The van der Waals surface area contributed by atoms with Gasteiger partial charge in [0.15, 0.2) is 0 Å². The van der Waals surface area contributed by atoms with E-state index in [0.717, 1.165) is 5.56 Å². The van der Waals surface area contributed by atoms with Crippen molar-refractivity contribution in [2.45, 2.75) is 19.9 Å². The van der Waals surface area contributed by atoms with Crippen LogP contribution in [0.1, 0.15) is 22.8 Å². The normalized spacial score (nSPS) is 18.4. The number of halogens is 1. The van der Waals surface area contributed by atoms with Gasteiger partial charge >= 0.3 is 5.97 Å². The number of hydrogen-bond acceptors (Lipinski definition) is 4. The van der Waals surface area contributed by atoms with Crippen LogP contribution in [0, 0.1) is 6.92 Å². The number of amides is 1. The summed E-state index contributed by atoms with van der Waals surface area (Å²) in [6.45, 7) is 5.43. The number of aryl methyl sites for hydroxylation is 1. The average Bonchev–Trinajstić information content (AvgIpc) is 2.49. The Kier molecular flexibility index (Phi) is 5.20. The molecule has 1 saturated heterocycles. The molecule has 1 fully saturated rings. The van der Waals surface area contributed by atoms with Crippen molar-refractivity contribution in [2.75, 3.05) is 26.2 Å². The highest BCUT2D eigenvalue weighted by molar-refractivity contribution is 6.31. The smallest absolute Gasteiger partial charge is 0.330 e. The molecule has 6 heteroatoms. The van der Waals surface area contributed by atoms with Gasteiger partial charge in [-0.15, -0.1) is 0 Å². The molecule has 1 aromatic carbocycles. The van der Waals surface area contributed by atoms with Crippen LogP contribution in [-0.2, 0) is 9.53 Å². The fourth-order valence-corrected chi connectivity index (χ4v) is 2.55. The minimum atomic E-state index is -0.593. The number of hydrogen-bond donors (Lipinski definition) is 1. The second-order valence-corrected chi connectivity index (χ2v) is 5.37. The maximum absolute atomic E-state index is 12.7. The molecule has 0 spiro atoms. The third-order valence-electron chi connectivity index (χ3n) is 3.49. The van der Waals surface area contributed by atoms with Gasteiger partial charge in [0.25, 0.3) is 5.91 Å². The Labute approximate surface area is 129 Å². The highest BCUT2D eigenvalue weighted by atomic mass is 35.5. The number of esters is 1. The van der Waals surface area contributed by atoms with Crippen LogP contribution in [-0.4, -0.2) is 49.1 Å². The summed E-state index contributed by atoms with van der Waals surface area (Å²) in [5, 5.41) is 3.62. The Bertz CT molecular complexity index is 548. The van der Waals surface area contributed by atoms with Crippen LogP contribution in [0.15, 0.2) is 18.2 Å². The first-order valence-corrected chi connectivity index (χ1v) is 7.37. The molecule has 1 aromatic rings. The van der Waals surface area contributed by atoms with Crippen LogP contribution in [0.25, 0.3) is 0 Å². The molecule has 2 rings (SSSR count). The van der Waals surface area contributed by atoms with E-state index in [1.54, 1.807) is 30.0 Å². The quantitative estimate of drug-likeness (QED) is 0.862. The van der Waals surface area contributed by atoms with E-state index in [0.29, 0.717) is 36.8 Å². The van der Waals surface area contributed by atoms with Crippen molar-refractivity contribution in [3.8, 4) is 0 Å². The molecule has 1 aliphatic heterocycles. The van der Waals surface area contributed by atoms with E-state index in [1.807, 2.05) is 6.92 Å². The molecule has 0 saturated carbocycles. The first-order chi connectivity index (χ1) is 10.0. The number of ether oxygens (including phenoxy) is 1. The molecular formula is C15H19ClN2O3. The second kappa shape index (κ2) is 6.91. The van der Waals surface area contributed by atoms with Crippen molar-refractivity contribution in [3.05, 3.63) is 34.3 Å². The molecule has 114 valence electrons. The maximum Gasteiger partial charge on any atom is 0.330 e. The van der Waals surface area contributed by atoms with Gasteiger partial charge in [-0.2, -0.15) is 0 Å². The minimum absolute atomic E-state index is 0.186. The number of carbonyl (C=O) groups is 2. The summed E-state index contributed by atoms with van der Waals surface area (Å²) in [5.74, 6) is -0.563. The van der Waals surface area contributed by atoms with Gasteiger partial charge < -0.3 is 15.0 Å². The molecule has 1 heterocycles. The fraction of sp³-hybridized carbons (Fsp3) is 0.467. The zero-order valence-corrected chi connectivity index (χ0v) is 12.9. The maximum atomic E-state index is 12.7. The van der Waals surface area contributed by atoms with E-state index < -0.39 is 6.04 Å². The topological polar surface area (TPSA) is 58.6 Å². The highest BCUT2D eigenvalue weighted by Crippen LogP contribution is 2.19. The van der Waals surface area contributed by atoms with Crippen LogP contribution in [0.3, 0.4) is 0 Å². The SMILES string of the molecule is CCOC(=O)C1CNCCN1C(=O)c1cc(Cl)ccc1C. The van der Waals surface area contributed by atoms with Crippen molar-refractivity contribution < 1.29 is 14.3 Å². The lowest BCUT2D eigenvalue weighted by atomic mass is 10.1. The van der Waals surface area contributed by atoms with Crippen molar-refractivity contribution in [3.63, 3.8) is 0 Å². The summed E-state index contributed by atoms with van der Waals surface area (Å²) in [7, 11) is 0. The lowest BCUT2D eigenvalue weighted by Gasteiger charge is -2.34. The number of nitrogens with zero attached hydrogens (tertiary/aromatic N) is 1. The number of piperazine rings is 1. The molecule has 0 aromatic heterocycles. The van der Waals surface area contributed by atoms with E-state index in [-0.39, 0.29) is 11.9 Å². The lowest BCUT2D eigenvalue weighted by molar-refractivity contribution is -0.149. The lowest BCUT2D eigenvalue weighted by Crippen LogP contribution is -2.57. The molecule has 1 unspecified atom stereocenters. The van der Waals surface area contributed by atoms with Gasteiger partial charge in [-0.1, -0.05) is 17.7 Å². The molecule has 0 bridgehead atoms. The van der Waals surface area contributed by atoms with E-state index in [9.17, 15) is 9.59 Å². The fourth-order valence-electron chi connectivity index (χ4n) is 2.38. The largest absolute Gasteiger partial charge is 0.464 e. The van der Waals surface area contributed by atoms with E-state index in [4.69, 9.17) is 16.3 Å². The predicted octanol–water partition coefficient (Wildman–Crippen LogP) is 1.63. The Morgan fingerprint density at radius 2 is 2.24 bits per heavy atom. The molecule has 1 aliphatic rings. The average molecular weight is 311 g/mol. The van der Waals surface area contributed by atoms with Crippen molar-refractivity contribution in [1.82, 2.24) is 10.2 Å². The van der Waals surface area contributed by atoms with Crippen LogP contribution < -0.4 is 5.32 Å². The molecule has 0 radical (unpaired) electrons. The Hall–Kier alpha value is -1.59. The van der Waals surface area contributed by atoms with Crippen LogP contribution in [0.2, 0.25) is 5.02 Å². The number of nitrogens with one attached hydrogen (secondary N) is 1. The van der Waals surface area contributed by atoms with E-state index >= 15 is 0 Å². The van der Waals surface area contributed by atoms with Crippen LogP contribution in [0.4, 0.5) is 0 Å². The van der Waals surface area contributed by atoms with Gasteiger partial charge in [0.1, 0.15) is 6.04 Å². The standard InChI is InChI=1S/C15H19ClN2O3/c1-3-21-15(20)13-9-17-6-7-18(13)14(19)12-8-11(16)5-4-10(12)2/h4-5,8,13,17H,3,6-7,9H2,1-2H3. The molecule has 1 amide bonds. The van der Waals surface area contributed by atoms with Crippen molar-refractivity contribution in [2.24, 2.45) is 0 Å².